The normalized spacial score (nSPS) is 31.3. The highest BCUT2D eigenvalue weighted by Crippen LogP contribution is 2.52. The minimum atomic E-state index is -3.05. The quantitative estimate of drug-likeness (QED) is 0.752. The molecule has 4 atom stereocenters. The molecule has 0 spiro atoms. The van der Waals surface area contributed by atoms with Crippen LogP contribution >= 0.6 is 0 Å². The van der Waals surface area contributed by atoms with E-state index >= 15 is 0 Å². The molecule has 1 saturated carbocycles. The predicted octanol–water partition coefficient (Wildman–Crippen LogP) is 2.61. The fraction of sp³-hybridized carbons (Fsp3) is 0.941. The van der Waals surface area contributed by atoms with E-state index in [1.54, 1.807) is 0 Å². The lowest BCUT2D eigenvalue weighted by Gasteiger charge is -2.65. The zero-order chi connectivity index (χ0) is 18.3. The number of carbonyl (C=O) groups is 1. The van der Waals surface area contributed by atoms with Crippen LogP contribution in [0.5, 0.6) is 0 Å². The van der Waals surface area contributed by atoms with Gasteiger partial charge in [-0.25, -0.2) is 13.2 Å². The second-order valence-corrected chi connectivity index (χ2v) is 10.8. The summed E-state index contributed by atoms with van der Waals surface area (Å²) in [6, 6.07) is 0.199. The summed E-state index contributed by atoms with van der Waals surface area (Å²) in [5, 5.41) is 0. The van der Waals surface area contributed by atoms with E-state index in [0.717, 1.165) is 19.3 Å². The van der Waals surface area contributed by atoms with Crippen LogP contribution in [0.1, 0.15) is 53.9 Å². The number of hydrogen-bond acceptors (Lipinski definition) is 5. The first-order valence-corrected chi connectivity index (χ1v) is 10.7. The molecule has 0 aromatic rings. The standard InChI is InChI=1S/C17H31NO5S/c1-12-9-14-11-17(10-12,13(2)22-7-8-24(6,20)21)18(14)15(19)23-16(3,4)5/h12-14H,7-11H2,1-6H3. The summed E-state index contributed by atoms with van der Waals surface area (Å²) in [4.78, 5) is 14.5. The number of piperidine rings is 1. The highest BCUT2D eigenvalue weighted by Gasteiger charge is 2.62. The Kier molecular flexibility index (Phi) is 5.27. The van der Waals surface area contributed by atoms with Gasteiger partial charge in [0.05, 0.1) is 24.0 Å². The molecule has 3 aliphatic rings. The van der Waals surface area contributed by atoms with Gasteiger partial charge in [-0.15, -0.1) is 0 Å². The van der Waals surface area contributed by atoms with Crippen LogP contribution in [-0.4, -0.2) is 61.3 Å². The van der Waals surface area contributed by atoms with Gasteiger partial charge in [0.25, 0.3) is 0 Å². The smallest absolute Gasteiger partial charge is 0.411 e. The Morgan fingerprint density at radius 2 is 1.96 bits per heavy atom. The van der Waals surface area contributed by atoms with Gasteiger partial charge in [-0.1, -0.05) is 6.92 Å². The van der Waals surface area contributed by atoms with Gasteiger partial charge in [0.2, 0.25) is 0 Å². The molecule has 140 valence electrons. The Balaban J connectivity index is 2.09. The van der Waals surface area contributed by atoms with Gasteiger partial charge < -0.3 is 9.47 Å². The van der Waals surface area contributed by atoms with Crippen molar-refractivity contribution in [3.8, 4) is 0 Å². The van der Waals surface area contributed by atoms with Gasteiger partial charge in [0.1, 0.15) is 15.4 Å². The SMILES string of the molecule is CC1CC2CC(C(C)OCCS(C)(=O)=O)(C1)N2C(=O)OC(C)(C)C. The fourth-order valence-corrected chi connectivity index (χ4v) is 4.47. The largest absolute Gasteiger partial charge is 0.444 e. The molecule has 2 bridgehead atoms. The zero-order valence-corrected chi connectivity index (χ0v) is 16.5. The molecule has 24 heavy (non-hydrogen) atoms. The van der Waals surface area contributed by atoms with Crippen molar-refractivity contribution in [3.63, 3.8) is 0 Å². The summed E-state index contributed by atoms with van der Waals surface area (Å²) < 4.78 is 34.0. The van der Waals surface area contributed by atoms with E-state index in [-0.39, 0.29) is 36.1 Å². The molecule has 6 nitrogen and oxygen atoms in total. The molecule has 0 radical (unpaired) electrons. The van der Waals surface area contributed by atoms with Gasteiger partial charge >= 0.3 is 6.09 Å². The van der Waals surface area contributed by atoms with E-state index in [0.29, 0.717) is 5.92 Å². The van der Waals surface area contributed by atoms with Gasteiger partial charge in [-0.05, 0) is 52.9 Å². The average molecular weight is 362 g/mol. The van der Waals surface area contributed by atoms with Crippen molar-refractivity contribution in [1.29, 1.82) is 0 Å². The predicted molar refractivity (Wildman–Crippen MR) is 92.7 cm³/mol. The lowest BCUT2D eigenvalue weighted by atomic mass is 9.62. The topological polar surface area (TPSA) is 72.9 Å². The third-order valence-corrected chi connectivity index (χ3v) is 5.89. The van der Waals surface area contributed by atoms with E-state index in [1.165, 1.54) is 6.26 Å². The monoisotopic (exact) mass is 361 g/mol. The number of sulfone groups is 1. The third-order valence-electron chi connectivity index (χ3n) is 4.98. The number of ether oxygens (including phenoxy) is 2. The van der Waals surface area contributed by atoms with Crippen molar-refractivity contribution in [2.45, 2.75) is 77.2 Å². The molecule has 7 heteroatoms. The van der Waals surface area contributed by atoms with Crippen LogP contribution in [0.15, 0.2) is 0 Å². The summed E-state index contributed by atoms with van der Waals surface area (Å²) in [6.45, 7) is 9.87. The van der Waals surface area contributed by atoms with Crippen molar-refractivity contribution < 1.29 is 22.7 Å². The highest BCUT2D eigenvalue weighted by atomic mass is 32.2. The molecule has 0 N–H and O–H groups in total. The van der Waals surface area contributed by atoms with Crippen LogP contribution < -0.4 is 0 Å². The van der Waals surface area contributed by atoms with Gasteiger partial charge in [0, 0.05) is 12.3 Å². The lowest BCUT2D eigenvalue weighted by Crippen LogP contribution is -2.76. The number of rotatable bonds is 5. The van der Waals surface area contributed by atoms with Crippen molar-refractivity contribution in [1.82, 2.24) is 4.90 Å². The van der Waals surface area contributed by atoms with Crippen LogP contribution in [0, 0.1) is 5.92 Å². The first-order chi connectivity index (χ1) is 10.8. The fourth-order valence-electron chi connectivity index (χ4n) is 4.07. The average Bonchev–Trinajstić information content (AvgIpc) is 2.33. The molecule has 1 aliphatic carbocycles. The Bertz CT molecular complexity index is 582. The van der Waals surface area contributed by atoms with Crippen LogP contribution in [0.25, 0.3) is 0 Å². The highest BCUT2D eigenvalue weighted by molar-refractivity contribution is 7.90. The Morgan fingerprint density at radius 1 is 1.33 bits per heavy atom. The van der Waals surface area contributed by atoms with E-state index in [4.69, 9.17) is 9.47 Å². The minimum absolute atomic E-state index is 0.00115. The Labute approximate surface area is 145 Å². The second kappa shape index (κ2) is 6.48. The van der Waals surface area contributed by atoms with Gasteiger partial charge in [0.15, 0.2) is 0 Å². The molecule has 2 saturated heterocycles. The first kappa shape index (κ1) is 19.5. The molecule has 4 unspecified atom stereocenters. The van der Waals surface area contributed by atoms with Gasteiger partial charge in [-0.2, -0.15) is 0 Å². The maximum atomic E-state index is 12.7. The second-order valence-electron chi connectivity index (χ2n) is 8.50. The number of hydrogen-bond donors (Lipinski definition) is 0. The van der Waals surface area contributed by atoms with E-state index in [9.17, 15) is 13.2 Å². The Morgan fingerprint density at radius 3 is 2.50 bits per heavy atom. The van der Waals surface area contributed by atoms with Crippen LogP contribution in [0.4, 0.5) is 4.79 Å². The van der Waals surface area contributed by atoms with Crippen molar-refractivity contribution in [2.75, 3.05) is 18.6 Å². The number of fused-ring (bicyclic) bond motifs is 2. The summed E-state index contributed by atoms with van der Waals surface area (Å²) >= 11 is 0. The molecule has 0 aromatic heterocycles. The number of carbonyl (C=O) groups excluding carboxylic acids is 1. The number of amides is 1. The maximum Gasteiger partial charge on any atom is 0.411 e. The van der Waals surface area contributed by atoms with E-state index in [1.807, 2.05) is 32.6 Å². The molecule has 1 amide bonds. The summed E-state index contributed by atoms with van der Waals surface area (Å²) in [5.74, 6) is 0.516. The number of nitrogens with zero attached hydrogens (tertiary/aromatic N) is 1. The molecule has 3 fully saturated rings. The molecule has 3 rings (SSSR count). The first-order valence-electron chi connectivity index (χ1n) is 8.66. The minimum Gasteiger partial charge on any atom is -0.444 e. The molecule has 0 aromatic carbocycles. The molecular weight excluding hydrogens is 330 g/mol. The Hall–Kier alpha value is -0.820. The summed E-state index contributed by atoms with van der Waals surface area (Å²) in [6.07, 6.45) is 3.44. The molecule has 2 aliphatic heterocycles. The third kappa shape index (κ3) is 4.23. The van der Waals surface area contributed by atoms with Crippen molar-refractivity contribution in [2.24, 2.45) is 5.92 Å². The zero-order valence-electron chi connectivity index (χ0n) is 15.7. The van der Waals surface area contributed by atoms with Crippen LogP contribution in [-0.2, 0) is 19.3 Å². The van der Waals surface area contributed by atoms with Crippen molar-refractivity contribution >= 4 is 15.9 Å². The lowest BCUT2D eigenvalue weighted by molar-refractivity contribution is -0.180. The van der Waals surface area contributed by atoms with E-state index < -0.39 is 15.4 Å². The molecule has 2 heterocycles. The van der Waals surface area contributed by atoms with E-state index in [2.05, 4.69) is 6.92 Å². The van der Waals surface area contributed by atoms with Crippen molar-refractivity contribution in [3.05, 3.63) is 0 Å². The summed E-state index contributed by atoms with van der Waals surface area (Å²) in [7, 11) is -3.05. The van der Waals surface area contributed by atoms with Gasteiger partial charge in [-0.3, -0.25) is 4.90 Å². The summed E-state index contributed by atoms with van der Waals surface area (Å²) in [5.41, 5.74) is -0.906. The van der Waals surface area contributed by atoms with Crippen LogP contribution in [0.2, 0.25) is 0 Å². The van der Waals surface area contributed by atoms with Crippen LogP contribution in [0.3, 0.4) is 0 Å². The molecular formula is C17H31NO5S. The maximum absolute atomic E-state index is 12.7.